The molecule has 7 heteroatoms. The average molecular weight is 414 g/mol. The smallest absolute Gasteiger partial charge is 0.271 e. The van der Waals surface area contributed by atoms with Crippen LogP contribution in [0.4, 0.5) is 0 Å². The zero-order valence-corrected chi connectivity index (χ0v) is 17.1. The number of aliphatic hydroxyl groups excluding tert-OH is 1. The predicted octanol–water partition coefficient (Wildman–Crippen LogP) is 3.76. The van der Waals surface area contributed by atoms with Crippen LogP contribution in [-0.2, 0) is 13.1 Å². The molecule has 4 rings (SSSR count). The van der Waals surface area contributed by atoms with E-state index >= 15 is 0 Å². The lowest BCUT2D eigenvalue weighted by Gasteiger charge is -2.29. The van der Waals surface area contributed by atoms with Crippen LogP contribution in [0, 0.1) is 0 Å². The van der Waals surface area contributed by atoms with Gasteiger partial charge in [0.25, 0.3) is 5.91 Å². The predicted molar refractivity (Wildman–Crippen MR) is 114 cm³/mol. The molecule has 0 aliphatic carbocycles. The van der Waals surface area contributed by atoms with Crippen molar-refractivity contribution in [3.05, 3.63) is 64.0 Å². The lowest BCUT2D eigenvalue weighted by molar-refractivity contribution is 0.0792. The Labute approximate surface area is 172 Å². The highest BCUT2D eigenvalue weighted by atomic mass is 32.1. The quantitative estimate of drug-likeness (QED) is 0.646. The summed E-state index contributed by atoms with van der Waals surface area (Å²) in [4.78, 5) is 20.3. The standard InChI is InChI=1S/C21H23N3O2S2/c25-17-7-9-24(10-8-17)13-16-5-3-15(4-6-16)12-22-20(26)18-14-28-21(23-18)19-2-1-11-27-19/h1-6,11,14,17,25H,7-10,12-13H2,(H,22,26). The number of thiophene rings is 1. The van der Waals surface area contributed by atoms with Crippen LogP contribution in [0.2, 0.25) is 0 Å². The van der Waals surface area contributed by atoms with Crippen LogP contribution in [0.5, 0.6) is 0 Å². The summed E-state index contributed by atoms with van der Waals surface area (Å²) in [6.07, 6.45) is 1.57. The van der Waals surface area contributed by atoms with E-state index in [1.54, 1.807) is 11.3 Å². The third-order valence-corrected chi connectivity index (χ3v) is 6.79. The second-order valence-corrected chi connectivity index (χ2v) is 8.83. The average Bonchev–Trinajstić information content (AvgIpc) is 3.41. The van der Waals surface area contributed by atoms with Gasteiger partial charge in [-0.15, -0.1) is 22.7 Å². The molecule has 146 valence electrons. The van der Waals surface area contributed by atoms with Crippen LogP contribution < -0.4 is 5.32 Å². The Bertz CT molecular complexity index is 898. The monoisotopic (exact) mass is 413 g/mol. The molecule has 0 unspecified atom stereocenters. The number of carbonyl (C=O) groups is 1. The highest BCUT2D eigenvalue weighted by Crippen LogP contribution is 2.27. The highest BCUT2D eigenvalue weighted by molar-refractivity contribution is 7.20. The number of hydrogen-bond donors (Lipinski definition) is 2. The first-order valence-corrected chi connectivity index (χ1v) is 11.2. The molecule has 0 bridgehead atoms. The minimum absolute atomic E-state index is 0.138. The normalized spacial score (nSPS) is 15.6. The number of rotatable bonds is 6. The van der Waals surface area contributed by atoms with Crippen molar-refractivity contribution < 1.29 is 9.90 Å². The number of nitrogens with one attached hydrogen (secondary N) is 1. The summed E-state index contributed by atoms with van der Waals surface area (Å²) in [5, 5.41) is 17.3. The van der Waals surface area contributed by atoms with Gasteiger partial charge >= 0.3 is 0 Å². The third kappa shape index (κ3) is 4.86. The summed E-state index contributed by atoms with van der Waals surface area (Å²) >= 11 is 3.12. The maximum atomic E-state index is 12.4. The minimum atomic E-state index is -0.144. The molecule has 5 nitrogen and oxygen atoms in total. The Morgan fingerprint density at radius 3 is 2.61 bits per heavy atom. The van der Waals surface area contributed by atoms with Gasteiger partial charge < -0.3 is 10.4 Å². The lowest BCUT2D eigenvalue weighted by Crippen LogP contribution is -2.35. The zero-order valence-electron chi connectivity index (χ0n) is 15.5. The van der Waals surface area contributed by atoms with Crippen molar-refractivity contribution in [2.75, 3.05) is 13.1 Å². The first kappa shape index (κ1) is 19.3. The highest BCUT2D eigenvalue weighted by Gasteiger charge is 2.17. The number of likely N-dealkylation sites (tertiary alicyclic amines) is 1. The van der Waals surface area contributed by atoms with Gasteiger partial charge in [-0.1, -0.05) is 30.3 Å². The maximum absolute atomic E-state index is 12.4. The van der Waals surface area contributed by atoms with Gasteiger partial charge in [0, 0.05) is 31.6 Å². The van der Waals surface area contributed by atoms with Crippen molar-refractivity contribution in [1.29, 1.82) is 0 Å². The summed E-state index contributed by atoms with van der Waals surface area (Å²) in [7, 11) is 0. The SMILES string of the molecule is O=C(NCc1ccc(CN2CCC(O)CC2)cc1)c1csc(-c2cccs2)n1. The molecule has 3 heterocycles. The van der Waals surface area contributed by atoms with Crippen LogP contribution in [0.1, 0.15) is 34.5 Å². The Balaban J connectivity index is 1.28. The second-order valence-electron chi connectivity index (χ2n) is 7.02. The second kappa shape index (κ2) is 8.96. The summed E-state index contributed by atoms with van der Waals surface area (Å²) in [5.74, 6) is -0.144. The Kier molecular flexibility index (Phi) is 6.17. The number of aromatic nitrogens is 1. The van der Waals surface area contributed by atoms with Gasteiger partial charge in [-0.25, -0.2) is 4.98 Å². The van der Waals surface area contributed by atoms with E-state index in [9.17, 15) is 9.90 Å². The number of benzene rings is 1. The van der Waals surface area contributed by atoms with Crippen LogP contribution in [0.15, 0.2) is 47.2 Å². The zero-order chi connectivity index (χ0) is 19.3. The number of nitrogens with zero attached hydrogens (tertiary/aromatic N) is 2. The molecule has 1 fully saturated rings. The molecule has 0 radical (unpaired) electrons. The molecule has 1 amide bonds. The van der Waals surface area contributed by atoms with E-state index in [-0.39, 0.29) is 12.0 Å². The Hall–Kier alpha value is -2.06. The lowest BCUT2D eigenvalue weighted by atomic mass is 10.1. The van der Waals surface area contributed by atoms with Crippen molar-refractivity contribution >= 4 is 28.6 Å². The Morgan fingerprint density at radius 2 is 1.89 bits per heavy atom. The van der Waals surface area contributed by atoms with E-state index in [0.29, 0.717) is 12.2 Å². The summed E-state index contributed by atoms with van der Waals surface area (Å²) in [5.41, 5.74) is 2.80. The van der Waals surface area contributed by atoms with E-state index in [0.717, 1.165) is 47.9 Å². The van der Waals surface area contributed by atoms with E-state index in [2.05, 4.69) is 39.5 Å². The van der Waals surface area contributed by atoms with Crippen molar-refractivity contribution in [1.82, 2.24) is 15.2 Å². The van der Waals surface area contributed by atoms with Gasteiger partial charge in [0.15, 0.2) is 0 Å². The first-order valence-electron chi connectivity index (χ1n) is 9.43. The molecule has 1 aliphatic rings. The van der Waals surface area contributed by atoms with E-state index in [1.807, 2.05) is 22.9 Å². The van der Waals surface area contributed by atoms with Gasteiger partial charge in [-0.3, -0.25) is 9.69 Å². The van der Waals surface area contributed by atoms with Crippen molar-refractivity contribution in [3.8, 4) is 9.88 Å². The van der Waals surface area contributed by atoms with Crippen LogP contribution in [0.3, 0.4) is 0 Å². The van der Waals surface area contributed by atoms with Gasteiger partial charge in [-0.2, -0.15) is 0 Å². The fraction of sp³-hybridized carbons (Fsp3) is 0.333. The molecule has 0 saturated carbocycles. The molecule has 2 aromatic heterocycles. The molecule has 2 N–H and O–H groups in total. The number of amides is 1. The number of hydrogen-bond acceptors (Lipinski definition) is 6. The van der Waals surface area contributed by atoms with Gasteiger partial charge in [0.05, 0.1) is 11.0 Å². The molecule has 28 heavy (non-hydrogen) atoms. The molecule has 1 aromatic carbocycles. The van der Waals surface area contributed by atoms with Gasteiger partial charge in [0.1, 0.15) is 10.7 Å². The largest absolute Gasteiger partial charge is 0.393 e. The fourth-order valence-corrected chi connectivity index (χ4v) is 4.88. The van der Waals surface area contributed by atoms with E-state index in [1.165, 1.54) is 16.9 Å². The number of carbonyl (C=O) groups excluding carboxylic acids is 1. The minimum Gasteiger partial charge on any atom is -0.393 e. The molecule has 1 aliphatic heterocycles. The molecular formula is C21H23N3O2S2. The molecular weight excluding hydrogens is 390 g/mol. The van der Waals surface area contributed by atoms with Crippen LogP contribution in [-0.4, -0.2) is 40.1 Å². The van der Waals surface area contributed by atoms with Crippen LogP contribution >= 0.6 is 22.7 Å². The fourth-order valence-electron chi connectivity index (χ4n) is 3.26. The van der Waals surface area contributed by atoms with Crippen LogP contribution in [0.25, 0.3) is 9.88 Å². The topological polar surface area (TPSA) is 65.5 Å². The van der Waals surface area contributed by atoms with Gasteiger partial charge in [-0.05, 0) is 35.4 Å². The van der Waals surface area contributed by atoms with Gasteiger partial charge in [0.2, 0.25) is 0 Å². The number of aliphatic hydroxyl groups is 1. The molecule has 0 atom stereocenters. The van der Waals surface area contributed by atoms with Crippen molar-refractivity contribution in [3.63, 3.8) is 0 Å². The molecule has 3 aromatic rings. The number of piperidine rings is 1. The van der Waals surface area contributed by atoms with Crippen molar-refractivity contribution in [2.45, 2.75) is 32.0 Å². The first-order chi connectivity index (χ1) is 13.7. The molecule has 1 saturated heterocycles. The van der Waals surface area contributed by atoms with E-state index in [4.69, 9.17) is 0 Å². The Morgan fingerprint density at radius 1 is 1.14 bits per heavy atom. The summed E-state index contributed by atoms with van der Waals surface area (Å²) in [6, 6.07) is 12.4. The number of thiazole rings is 1. The summed E-state index contributed by atoms with van der Waals surface area (Å²) < 4.78 is 0. The summed E-state index contributed by atoms with van der Waals surface area (Å²) in [6.45, 7) is 3.28. The maximum Gasteiger partial charge on any atom is 0.271 e. The molecule has 0 spiro atoms. The third-order valence-electron chi connectivity index (χ3n) is 4.91. The van der Waals surface area contributed by atoms with E-state index < -0.39 is 0 Å². The van der Waals surface area contributed by atoms with Crippen molar-refractivity contribution in [2.24, 2.45) is 0 Å².